The van der Waals surface area contributed by atoms with Crippen molar-refractivity contribution in [2.75, 3.05) is 4.72 Å². The van der Waals surface area contributed by atoms with E-state index in [9.17, 15) is 8.42 Å². The summed E-state index contributed by atoms with van der Waals surface area (Å²) in [5.74, 6) is 0. The van der Waals surface area contributed by atoms with Gasteiger partial charge in [0.25, 0.3) is 10.0 Å². The molecule has 0 saturated carbocycles. The summed E-state index contributed by atoms with van der Waals surface area (Å²) in [6, 6.07) is 13.6. The van der Waals surface area contributed by atoms with Crippen molar-refractivity contribution in [3.8, 4) is 6.07 Å². The summed E-state index contributed by atoms with van der Waals surface area (Å²) in [7, 11) is -3.72. The van der Waals surface area contributed by atoms with Crippen molar-refractivity contribution in [2.24, 2.45) is 0 Å². The van der Waals surface area contributed by atoms with E-state index in [0.717, 1.165) is 9.99 Å². The molecule has 1 heterocycles. The third kappa shape index (κ3) is 2.71. The van der Waals surface area contributed by atoms with Crippen LogP contribution in [0.3, 0.4) is 0 Å². The Morgan fingerprint density at radius 1 is 1.14 bits per heavy atom. The largest absolute Gasteiger partial charge is 0.360 e. The van der Waals surface area contributed by atoms with E-state index >= 15 is 0 Å². The molecule has 0 radical (unpaired) electrons. The molecule has 0 unspecified atom stereocenters. The van der Waals surface area contributed by atoms with Crippen LogP contribution in [0.5, 0.6) is 0 Å². The van der Waals surface area contributed by atoms with Crippen molar-refractivity contribution in [1.82, 2.24) is 4.98 Å². The van der Waals surface area contributed by atoms with Gasteiger partial charge in [-0.3, -0.25) is 4.72 Å². The van der Waals surface area contributed by atoms with E-state index in [-0.39, 0.29) is 4.90 Å². The minimum Gasteiger partial charge on any atom is -0.360 e. The maximum atomic E-state index is 12.5. The molecule has 0 aliphatic rings. The van der Waals surface area contributed by atoms with Crippen LogP contribution >= 0.6 is 15.9 Å². The minimum absolute atomic E-state index is 0.174. The highest BCUT2D eigenvalue weighted by Gasteiger charge is 2.19. The molecule has 7 heteroatoms. The Morgan fingerprint density at radius 2 is 1.86 bits per heavy atom. The fourth-order valence-electron chi connectivity index (χ4n) is 2.11. The molecule has 1 aromatic heterocycles. The number of nitriles is 1. The van der Waals surface area contributed by atoms with Crippen LogP contribution in [0.25, 0.3) is 10.9 Å². The lowest BCUT2D eigenvalue weighted by Gasteiger charge is -2.07. The molecule has 22 heavy (non-hydrogen) atoms. The van der Waals surface area contributed by atoms with Gasteiger partial charge >= 0.3 is 0 Å². The lowest BCUT2D eigenvalue weighted by Crippen LogP contribution is -2.12. The molecule has 0 fully saturated rings. The summed E-state index contributed by atoms with van der Waals surface area (Å²) in [5.41, 5.74) is 1.62. The predicted octanol–water partition coefficient (Wildman–Crippen LogP) is 3.60. The van der Waals surface area contributed by atoms with Gasteiger partial charge in [-0.05, 0) is 42.5 Å². The smallest absolute Gasteiger partial charge is 0.264 e. The second-order valence-electron chi connectivity index (χ2n) is 4.64. The number of aromatic nitrogens is 1. The number of aromatic amines is 1. The number of rotatable bonds is 3. The molecule has 5 nitrogen and oxygen atoms in total. The molecule has 0 aliphatic carbocycles. The first-order valence-electron chi connectivity index (χ1n) is 6.29. The Labute approximate surface area is 135 Å². The summed E-state index contributed by atoms with van der Waals surface area (Å²) in [5, 5.41) is 9.37. The molecule has 0 bridgehead atoms. The summed E-state index contributed by atoms with van der Waals surface area (Å²) in [4.78, 5) is 3.12. The number of sulfonamides is 1. The molecule has 0 amide bonds. The molecule has 0 aliphatic heterocycles. The SMILES string of the molecule is N#Cc1ccc(NS(=O)(=O)c2c[nH]c3ccc(Br)cc23)cc1. The number of anilines is 1. The van der Waals surface area contributed by atoms with Crippen LogP contribution < -0.4 is 4.72 Å². The zero-order valence-corrected chi connectivity index (χ0v) is 13.6. The van der Waals surface area contributed by atoms with E-state index in [0.29, 0.717) is 16.6 Å². The number of hydrogen-bond acceptors (Lipinski definition) is 3. The second-order valence-corrected chi connectivity index (χ2v) is 7.20. The monoisotopic (exact) mass is 375 g/mol. The van der Waals surface area contributed by atoms with Crippen LogP contribution in [-0.4, -0.2) is 13.4 Å². The number of benzene rings is 2. The van der Waals surface area contributed by atoms with Crippen LogP contribution in [-0.2, 0) is 10.0 Å². The summed E-state index contributed by atoms with van der Waals surface area (Å²) >= 11 is 3.34. The number of hydrogen-bond donors (Lipinski definition) is 2. The number of halogens is 1. The Bertz CT molecular complexity index is 986. The fourth-order valence-corrected chi connectivity index (χ4v) is 3.70. The highest BCUT2D eigenvalue weighted by molar-refractivity contribution is 9.10. The van der Waals surface area contributed by atoms with E-state index in [1.807, 2.05) is 12.1 Å². The maximum Gasteiger partial charge on any atom is 0.264 e. The third-order valence-corrected chi connectivity index (χ3v) is 5.08. The van der Waals surface area contributed by atoms with Gasteiger partial charge < -0.3 is 4.98 Å². The van der Waals surface area contributed by atoms with Crippen molar-refractivity contribution >= 4 is 42.5 Å². The predicted molar refractivity (Wildman–Crippen MR) is 88.0 cm³/mol. The Balaban J connectivity index is 2.01. The summed E-state index contributed by atoms with van der Waals surface area (Å²) < 4.78 is 28.4. The summed E-state index contributed by atoms with van der Waals surface area (Å²) in [6.45, 7) is 0. The first-order valence-corrected chi connectivity index (χ1v) is 8.57. The van der Waals surface area contributed by atoms with Crippen molar-refractivity contribution < 1.29 is 8.42 Å². The molecule has 0 saturated heterocycles. The van der Waals surface area contributed by atoms with Crippen LogP contribution in [0, 0.1) is 11.3 Å². The topological polar surface area (TPSA) is 85.8 Å². The van der Waals surface area contributed by atoms with Crippen LogP contribution in [0.4, 0.5) is 5.69 Å². The Hall–Kier alpha value is -2.30. The molecule has 2 N–H and O–H groups in total. The first-order chi connectivity index (χ1) is 10.5. The zero-order valence-electron chi connectivity index (χ0n) is 11.2. The molecule has 110 valence electrons. The molecule has 3 rings (SSSR count). The minimum atomic E-state index is -3.72. The Kier molecular flexibility index (Phi) is 3.64. The van der Waals surface area contributed by atoms with Gasteiger partial charge in [-0.2, -0.15) is 5.26 Å². The molecule has 2 aromatic carbocycles. The van der Waals surface area contributed by atoms with E-state index in [4.69, 9.17) is 5.26 Å². The van der Waals surface area contributed by atoms with Crippen molar-refractivity contribution in [1.29, 1.82) is 5.26 Å². The van der Waals surface area contributed by atoms with Crippen LogP contribution in [0.1, 0.15) is 5.56 Å². The first kappa shape index (κ1) is 14.6. The molecule has 0 atom stereocenters. The van der Waals surface area contributed by atoms with Gasteiger partial charge in [-0.1, -0.05) is 15.9 Å². The van der Waals surface area contributed by atoms with Crippen molar-refractivity contribution in [2.45, 2.75) is 4.90 Å². The van der Waals surface area contributed by atoms with E-state index in [1.54, 1.807) is 36.4 Å². The standard InChI is InChI=1S/C15H10BrN3O2S/c16-11-3-6-14-13(7-11)15(9-18-14)22(20,21)19-12-4-1-10(8-17)2-5-12/h1-7,9,18-19H. The summed E-state index contributed by atoms with van der Waals surface area (Å²) in [6.07, 6.45) is 1.46. The zero-order chi connectivity index (χ0) is 15.7. The normalized spacial score (nSPS) is 11.3. The quantitative estimate of drug-likeness (QED) is 0.732. The highest BCUT2D eigenvalue weighted by atomic mass is 79.9. The van der Waals surface area contributed by atoms with Gasteiger partial charge in [0.05, 0.1) is 11.6 Å². The average molecular weight is 376 g/mol. The van der Waals surface area contributed by atoms with Gasteiger partial charge in [0.15, 0.2) is 0 Å². The van der Waals surface area contributed by atoms with Gasteiger partial charge in [-0.25, -0.2) is 8.42 Å². The second kappa shape index (κ2) is 5.48. The van der Waals surface area contributed by atoms with Crippen LogP contribution in [0.15, 0.2) is 58.0 Å². The number of fused-ring (bicyclic) bond motifs is 1. The third-order valence-electron chi connectivity index (χ3n) is 3.16. The van der Waals surface area contributed by atoms with Gasteiger partial charge in [0.1, 0.15) is 4.90 Å². The van der Waals surface area contributed by atoms with Gasteiger partial charge in [0.2, 0.25) is 0 Å². The number of nitrogens with zero attached hydrogens (tertiary/aromatic N) is 1. The maximum absolute atomic E-state index is 12.5. The van der Waals surface area contributed by atoms with Crippen molar-refractivity contribution in [3.63, 3.8) is 0 Å². The van der Waals surface area contributed by atoms with Crippen molar-refractivity contribution in [3.05, 3.63) is 58.7 Å². The number of H-pyrrole nitrogens is 1. The van der Waals surface area contributed by atoms with Gasteiger partial charge in [-0.15, -0.1) is 0 Å². The molecule has 0 spiro atoms. The molecular weight excluding hydrogens is 366 g/mol. The highest BCUT2D eigenvalue weighted by Crippen LogP contribution is 2.27. The van der Waals surface area contributed by atoms with E-state index < -0.39 is 10.0 Å². The Morgan fingerprint density at radius 3 is 2.55 bits per heavy atom. The molecule has 3 aromatic rings. The van der Waals surface area contributed by atoms with Gasteiger partial charge in [0, 0.05) is 27.3 Å². The molecular formula is C15H10BrN3O2S. The lowest BCUT2D eigenvalue weighted by atomic mass is 10.2. The lowest BCUT2D eigenvalue weighted by molar-refractivity contribution is 0.602. The van der Waals surface area contributed by atoms with E-state index in [2.05, 4.69) is 25.6 Å². The number of nitrogens with one attached hydrogen (secondary N) is 2. The average Bonchev–Trinajstić information content (AvgIpc) is 2.91. The van der Waals surface area contributed by atoms with Crippen LogP contribution in [0.2, 0.25) is 0 Å². The van der Waals surface area contributed by atoms with E-state index in [1.165, 1.54) is 6.20 Å². The fraction of sp³-hybridized carbons (Fsp3) is 0.